The maximum absolute atomic E-state index is 14.6. The number of pyridine rings is 1. The molecule has 1 aromatic carbocycles. The highest BCUT2D eigenvalue weighted by Crippen LogP contribution is 2.44. The molecule has 0 radical (unpaired) electrons. The number of aromatic nitrogens is 2. The maximum atomic E-state index is 14.6. The van der Waals surface area contributed by atoms with Crippen LogP contribution in [0.4, 0.5) is 13.2 Å². The molecule has 1 amide bonds. The van der Waals surface area contributed by atoms with Gasteiger partial charge in [-0.25, -0.2) is 4.98 Å². The second-order valence-corrected chi connectivity index (χ2v) is 10.2. The fraction of sp³-hybridized carbons (Fsp3) is 0.429. The van der Waals surface area contributed by atoms with Crippen LogP contribution < -0.4 is 0 Å². The quantitative estimate of drug-likeness (QED) is 0.425. The summed E-state index contributed by atoms with van der Waals surface area (Å²) < 4.78 is 45.4. The van der Waals surface area contributed by atoms with Crippen molar-refractivity contribution in [2.45, 2.75) is 45.7 Å². The van der Waals surface area contributed by atoms with Crippen molar-refractivity contribution in [2.75, 3.05) is 13.1 Å². The van der Waals surface area contributed by atoms with Gasteiger partial charge < -0.3 is 9.47 Å². The monoisotopic (exact) mass is 510 g/mol. The first kappa shape index (κ1) is 26.4. The van der Waals surface area contributed by atoms with Crippen molar-refractivity contribution < 1.29 is 22.8 Å². The summed E-state index contributed by atoms with van der Waals surface area (Å²) in [5.41, 5.74) is 0.152. The van der Waals surface area contributed by atoms with Crippen molar-refractivity contribution in [3.63, 3.8) is 0 Å². The van der Waals surface area contributed by atoms with E-state index in [1.165, 1.54) is 24.3 Å². The van der Waals surface area contributed by atoms with Crippen molar-refractivity contribution in [1.82, 2.24) is 14.5 Å². The van der Waals surface area contributed by atoms with Gasteiger partial charge in [-0.1, -0.05) is 32.9 Å². The van der Waals surface area contributed by atoms with Gasteiger partial charge in [-0.2, -0.15) is 18.4 Å². The molecular weight excluding hydrogens is 481 g/mol. The zero-order chi connectivity index (χ0) is 27.1. The third-order valence-corrected chi connectivity index (χ3v) is 7.15. The highest BCUT2D eigenvalue weighted by molar-refractivity contribution is 5.99. The number of nitriles is 1. The minimum Gasteiger partial charge on any atom is -0.342 e. The first-order chi connectivity index (χ1) is 17.4. The van der Waals surface area contributed by atoms with E-state index in [4.69, 9.17) is 5.26 Å². The number of fused-ring (bicyclic) bond motifs is 1. The minimum atomic E-state index is -4.71. The van der Waals surface area contributed by atoms with Crippen molar-refractivity contribution in [3.8, 4) is 6.07 Å². The number of ketones is 1. The van der Waals surface area contributed by atoms with Crippen LogP contribution in [0.3, 0.4) is 0 Å². The number of benzene rings is 1. The van der Waals surface area contributed by atoms with Crippen LogP contribution in [0.2, 0.25) is 0 Å². The lowest BCUT2D eigenvalue weighted by atomic mass is 9.80. The standard InChI is InChI=1S/C28H29F3N4O2/c1-16(2)27(37)35-9-8-21(17(3)14-35)22-15-34(4)26-24(22)25(28(29,30)31)20(13-33-26)11-23(36)19-7-5-6-18(10-19)12-32/h5-7,10,13,15-17,21H,8-9,11,14H2,1-4H3/t17-,21+/m0/s1. The number of halogens is 3. The number of carbonyl (C=O) groups excluding carboxylic acids is 2. The van der Waals surface area contributed by atoms with E-state index in [1.807, 2.05) is 26.8 Å². The molecule has 37 heavy (non-hydrogen) atoms. The summed E-state index contributed by atoms with van der Waals surface area (Å²) in [6.07, 6.45) is -1.82. The van der Waals surface area contributed by atoms with E-state index in [1.54, 1.807) is 22.7 Å². The molecule has 2 aromatic heterocycles. The molecule has 3 heterocycles. The lowest BCUT2D eigenvalue weighted by Crippen LogP contribution is -2.43. The van der Waals surface area contributed by atoms with Gasteiger partial charge in [0.25, 0.3) is 0 Å². The van der Waals surface area contributed by atoms with E-state index in [0.29, 0.717) is 25.1 Å². The van der Waals surface area contributed by atoms with Crippen LogP contribution in [0.15, 0.2) is 36.7 Å². The number of Topliss-reactive ketones (excluding diaryl/α,β-unsaturated/α-hetero) is 1. The lowest BCUT2D eigenvalue weighted by molar-refractivity contribution is -0.137. The average Bonchev–Trinajstić information content (AvgIpc) is 3.18. The number of carbonyl (C=O) groups is 2. The molecule has 0 unspecified atom stereocenters. The summed E-state index contributed by atoms with van der Waals surface area (Å²) in [5.74, 6) is -0.864. The molecule has 0 bridgehead atoms. The molecule has 3 aromatic rings. The Morgan fingerprint density at radius 1 is 1.27 bits per heavy atom. The molecule has 2 atom stereocenters. The average molecular weight is 511 g/mol. The second-order valence-electron chi connectivity index (χ2n) is 10.2. The van der Waals surface area contributed by atoms with Crippen LogP contribution in [0.1, 0.15) is 65.7 Å². The van der Waals surface area contributed by atoms with Crippen LogP contribution >= 0.6 is 0 Å². The van der Waals surface area contributed by atoms with Crippen LogP contribution in [0.5, 0.6) is 0 Å². The number of hydrogen-bond acceptors (Lipinski definition) is 4. The Morgan fingerprint density at radius 3 is 2.62 bits per heavy atom. The summed E-state index contributed by atoms with van der Waals surface area (Å²) >= 11 is 0. The zero-order valence-electron chi connectivity index (χ0n) is 21.3. The highest BCUT2D eigenvalue weighted by Gasteiger charge is 2.40. The second kappa shape index (κ2) is 10.0. The van der Waals surface area contributed by atoms with Gasteiger partial charge in [0.05, 0.1) is 17.2 Å². The fourth-order valence-corrected chi connectivity index (χ4v) is 5.36. The van der Waals surface area contributed by atoms with E-state index in [0.717, 1.165) is 6.20 Å². The topological polar surface area (TPSA) is 79.0 Å². The molecular formula is C28H29F3N4O2. The molecule has 9 heteroatoms. The third-order valence-electron chi connectivity index (χ3n) is 7.15. The van der Waals surface area contributed by atoms with Gasteiger partial charge in [0, 0.05) is 55.8 Å². The third kappa shape index (κ3) is 5.10. The summed E-state index contributed by atoms with van der Waals surface area (Å²) in [6.45, 7) is 6.58. The number of nitrogens with zero attached hydrogens (tertiary/aromatic N) is 4. The van der Waals surface area contributed by atoms with Gasteiger partial charge in [-0.15, -0.1) is 0 Å². The first-order valence-electron chi connectivity index (χ1n) is 12.3. The van der Waals surface area contributed by atoms with E-state index in [9.17, 15) is 22.8 Å². The van der Waals surface area contributed by atoms with Gasteiger partial charge in [0.15, 0.2) is 5.78 Å². The Balaban J connectivity index is 1.77. The highest BCUT2D eigenvalue weighted by atomic mass is 19.4. The van der Waals surface area contributed by atoms with E-state index in [-0.39, 0.29) is 51.4 Å². The van der Waals surface area contributed by atoms with Crippen LogP contribution in [0.25, 0.3) is 11.0 Å². The van der Waals surface area contributed by atoms with Crippen molar-refractivity contribution in [3.05, 3.63) is 64.5 Å². The number of likely N-dealkylation sites (tertiary alicyclic amines) is 1. The number of amides is 1. The molecule has 0 spiro atoms. The van der Waals surface area contributed by atoms with Gasteiger partial charge in [-0.05, 0) is 41.5 Å². The molecule has 1 aliphatic rings. The number of rotatable bonds is 5. The van der Waals surface area contributed by atoms with Crippen molar-refractivity contribution in [1.29, 1.82) is 5.26 Å². The molecule has 0 aliphatic carbocycles. The summed E-state index contributed by atoms with van der Waals surface area (Å²) in [6, 6.07) is 7.87. The Bertz CT molecular complexity index is 1400. The number of hydrogen-bond donors (Lipinski definition) is 0. The molecule has 1 fully saturated rings. The normalized spacial score (nSPS) is 18.3. The van der Waals surface area contributed by atoms with Crippen LogP contribution in [-0.4, -0.2) is 39.2 Å². The van der Waals surface area contributed by atoms with Gasteiger partial charge in [0.1, 0.15) is 5.65 Å². The smallest absolute Gasteiger partial charge is 0.342 e. The number of aryl methyl sites for hydroxylation is 1. The van der Waals surface area contributed by atoms with Crippen LogP contribution in [0, 0.1) is 23.2 Å². The fourth-order valence-electron chi connectivity index (χ4n) is 5.36. The summed E-state index contributed by atoms with van der Waals surface area (Å²) in [5, 5.41) is 9.13. The van der Waals surface area contributed by atoms with Crippen molar-refractivity contribution in [2.24, 2.45) is 18.9 Å². The SMILES string of the molecule is CC(C)C(=O)N1CC[C@@H](c2cn(C)c3ncc(CC(=O)c4cccc(C#N)c4)c(C(F)(F)F)c23)[C@@H](C)C1. The zero-order valence-corrected chi connectivity index (χ0v) is 21.3. The van der Waals surface area contributed by atoms with Gasteiger partial charge in [-0.3, -0.25) is 9.59 Å². The van der Waals surface area contributed by atoms with Crippen molar-refractivity contribution >= 4 is 22.7 Å². The molecule has 0 saturated carbocycles. The molecule has 0 N–H and O–H groups in total. The number of alkyl halides is 3. The molecule has 6 nitrogen and oxygen atoms in total. The Morgan fingerprint density at radius 2 is 2.00 bits per heavy atom. The Kier molecular flexibility index (Phi) is 7.13. The van der Waals surface area contributed by atoms with Gasteiger partial charge in [0.2, 0.25) is 5.91 Å². The molecule has 1 aliphatic heterocycles. The predicted molar refractivity (Wildman–Crippen MR) is 133 cm³/mol. The molecule has 1 saturated heterocycles. The van der Waals surface area contributed by atoms with E-state index in [2.05, 4.69) is 4.98 Å². The summed E-state index contributed by atoms with van der Waals surface area (Å²) in [7, 11) is 1.67. The number of piperidine rings is 1. The molecule has 194 valence electrons. The maximum Gasteiger partial charge on any atom is 0.417 e. The first-order valence-corrected chi connectivity index (χ1v) is 12.3. The lowest BCUT2D eigenvalue weighted by Gasteiger charge is -2.38. The van der Waals surface area contributed by atoms with E-state index < -0.39 is 23.9 Å². The van der Waals surface area contributed by atoms with E-state index >= 15 is 0 Å². The predicted octanol–water partition coefficient (Wildman–Crippen LogP) is 5.50. The van der Waals surface area contributed by atoms with Crippen LogP contribution in [-0.2, 0) is 24.4 Å². The molecule has 4 rings (SSSR count). The Hall–Kier alpha value is -3.67. The Labute approximate surface area is 213 Å². The largest absolute Gasteiger partial charge is 0.417 e. The summed E-state index contributed by atoms with van der Waals surface area (Å²) in [4.78, 5) is 31.6. The van der Waals surface area contributed by atoms with Gasteiger partial charge >= 0.3 is 6.18 Å². The minimum absolute atomic E-state index is 0.0200.